The van der Waals surface area contributed by atoms with Crippen molar-refractivity contribution in [1.29, 1.82) is 0 Å². The van der Waals surface area contributed by atoms with Gasteiger partial charge in [0.2, 0.25) is 0 Å². The standard InChI is InChI=1S/C11H14N2O2/c1-13(9-3-4-9)10-5-2-8(7-12-10)6-11(14)15/h2,5,7,9H,3-4,6H2,1H3,(H,14,15). The maximum atomic E-state index is 10.5. The number of hydrogen-bond donors (Lipinski definition) is 1. The molecule has 1 saturated carbocycles. The number of carbonyl (C=O) groups is 1. The Hall–Kier alpha value is -1.58. The molecule has 15 heavy (non-hydrogen) atoms. The van der Waals surface area contributed by atoms with Gasteiger partial charge in [-0.1, -0.05) is 6.07 Å². The van der Waals surface area contributed by atoms with Crippen molar-refractivity contribution < 1.29 is 9.90 Å². The van der Waals surface area contributed by atoms with Gasteiger partial charge in [-0.15, -0.1) is 0 Å². The number of rotatable bonds is 4. The van der Waals surface area contributed by atoms with Gasteiger partial charge in [0, 0.05) is 19.3 Å². The first-order chi connectivity index (χ1) is 7.16. The fraction of sp³-hybridized carbons (Fsp3) is 0.455. The second-order valence-corrected chi connectivity index (χ2v) is 3.94. The molecule has 0 amide bonds. The Labute approximate surface area is 88.6 Å². The Morgan fingerprint density at radius 3 is 2.80 bits per heavy atom. The summed E-state index contributed by atoms with van der Waals surface area (Å²) < 4.78 is 0. The predicted octanol–water partition coefficient (Wildman–Crippen LogP) is 1.31. The number of pyridine rings is 1. The molecule has 0 atom stereocenters. The lowest BCUT2D eigenvalue weighted by molar-refractivity contribution is -0.136. The minimum Gasteiger partial charge on any atom is -0.481 e. The molecule has 0 spiro atoms. The van der Waals surface area contributed by atoms with Crippen LogP contribution < -0.4 is 4.90 Å². The fourth-order valence-electron chi connectivity index (χ4n) is 1.55. The molecule has 0 bridgehead atoms. The molecule has 0 saturated heterocycles. The van der Waals surface area contributed by atoms with Crippen molar-refractivity contribution in [3.63, 3.8) is 0 Å². The monoisotopic (exact) mass is 206 g/mol. The third kappa shape index (κ3) is 2.46. The van der Waals surface area contributed by atoms with Crippen molar-refractivity contribution in [1.82, 2.24) is 4.98 Å². The van der Waals surface area contributed by atoms with E-state index < -0.39 is 5.97 Å². The maximum absolute atomic E-state index is 10.5. The van der Waals surface area contributed by atoms with Crippen LogP contribution in [0, 0.1) is 0 Å². The predicted molar refractivity (Wildman–Crippen MR) is 57.0 cm³/mol. The van der Waals surface area contributed by atoms with Gasteiger partial charge >= 0.3 is 5.97 Å². The summed E-state index contributed by atoms with van der Waals surface area (Å²) in [6.45, 7) is 0. The van der Waals surface area contributed by atoms with Gasteiger partial charge in [-0.05, 0) is 24.5 Å². The van der Waals surface area contributed by atoms with Gasteiger partial charge < -0.3 is 10.0 Å². The Morgan fingerprint density at radius 1 is 1.60 bits per heavy atom. The van der Waals surface area contributed by atoms with Gasteiger partial charge in [0.1, 0.15) is 5.82 Å². The van der Waals surface area contributed by atoms with E-state index in [0.717, 1.165) is 11.4 Å². The molecule has 1 heterocycles. The third-order valence-corrected chi connectivity index (χ3v) is 2.62. The summed E-state index contributed by atoms with van der Waals surface area (Å²) in [7, 11) is 2.02. The summed E-state index contributed by atoms with van der Waals surface area (Å²) >= 11 is 0. The number of aromatic nitrogens is 1. The number of nitrogens with zero attached hydrogens (tertiary/aromatic N) is 2. The molecular weight excluding hydrogens is 192 g/mol. The zero-order valence-corrected chi connectivity index (χ0v) is 8.68. The van der Waals surface area contributed by atoms with Crippen LogP contribution in [-0.2, 0) is 11.2 Å². The highest BCUT2D eigenvalue weighted by atomic mass is 16.4. The number of carboxylic acid groups (broad SMARTS) is 1. The van der Waals surface area contributed by atoms with Crippen molar-refractivity contribution in [3.8, 4) is 0 Å². The van der Waals surface area contributed by atoms with E-state index in [4.69, 9.17) is 5.11 Å². The Morgan fingerprint density at radius 2 is 2.33 bits per heavy atom. The molecule has 4 heteroatoms. The van der Waals surface area contributed by atoms with Crippen LogP contribution in [0.15, 0.2) is 18.3 Å². The van der Waals surface area contributed by atoms with Crippen LogP contribution in [0.1, 0.15) is 18.4 Å². The highest BCUT2D eigenvalue weighted by molar-refractivity contribution is 5.70. The second-order valence-electron chi connectivity index (χ2n) is 3.94. The van der Waals surface area contributed by atoms with E-state index in [2.05, 4.69) is 9.88 Å². The molecule has 1 N–H and O–H groups in total. The summed E-state index contributed by atoms with van der Waals surface area (Å²) in [6.07, 6.45) is 4.15. The van der Waals surface area contributed by atoms with Crippen LogP contribution >= 0.6 is 0 Å². The first-order valence-electron chi connectivity index (χ1n) is 5.06. The summed E-state index contributed by atoms with van der Waals surface area (Å²) in [4.78, 5) is 16.9. The van der Waals surface area contributed by atoms with Crippen molar-refractivity contribution in [2.24, 2.45) is 0 Å². The summed E-state index contributed by atoms with van der Waals surface area (Å²) in [5.74, 6) is 0.103. The number of anilines is 1. The lowest BCUT2D eigenvalue weighted by Crippen LogP contribution is -2.20. The largest absolute Gasteiger partial charge is 0.481 e. The molecule has 2 rings (SSSR count). The molecule has 1 aliphatic carbocycles. The van der Waals surface area contributed by atoms with E-state index >= 15 is 0 Å². The van der Waals surface area contributed by atoms with Crippen molar-refractivity contribution >= 4 is 11.8 Å². The SMILES string of the molecule is CN(c1ccc(CC(=O)O)cn1)C1CC1. The lowest BCUT2D eigenvalue weighted by atomic mass is 10.2. The van der Waals surface area contributed by atoms with Crippen molar-refractivity contribution in [2.75, 3.05) is 11.9 Å². The highest BCUT2D eigenvalue weighted by Gasteiger charge is 2.26. The normalized spacial score (nSPS) is 15.0. The Kier molecular flexibility index (Phi) is 2.58. The van der Waals surface area contributed by atoms with E-state index in [0.29, 0.717) is 6.04 Å². The van der Waals surface area contributed by atoms with E-state index in [1.807, 2.05) is 19.2 Å². The minimum atomic E-state index is -0.819. The molecule has 80 valence electrons. The number of hydrogen-bond acceptors (Lipinski definition) is 3. The summed E-state index contributed by atoms with van der Waals surface area (Å²) in [5, 5.41) is 8.61. The molecule has 1 aromatic heterocycles. The van der Waals surface area contributed by atoms with Gasteiger partial charge in [0.05, 0.1) is 6.42 Å². The third-order valence-electron chi connectivity index (χ3n) is 2.62. The zero-order chi connectivity index (χ0) is 10.8. The average Bonchev–Trinajstić information content (AvgIpc) is 3.00. The highest BCUT2D eigenvalue weighted by Crippen LogP contribution is 2.28. The van der Waals surface area contributed by atoms with Crippen LogP contribution in [0.2, 0.25) is 0 Å². The van der Waals surface area contributed by atoms with Crippen LogP contribution in [-0.4, -0.2) is 29.1 Å². The van der Waals surface area contributed by atoms with Gasteiger partial charge in [-0.2, -0.15) is 0 Å². The second kappa shape index (κ2) is 3.88. The summed E-state index contributed by atoms with van der Waals surface area (Å²) in [6, 6.07) is 4.34. The first kappa shape index (κ1) is 9.96. The van der Waals surface area contributed by atoms with Crippen molar-refractivity contribution in [2.45, 2.75) is 25.3 Å². The maximum Gasteiger partial charge on any atom is 0.307 e. The topological polar surface area (TPSA) is 53.4 Å². The Balaban J connectivity index is 2.05. The van der Waals surface area contributed by atoms with Gasteiger partial charge in [0.25, 0.3) is 0 Å². The minimum absolute atomic E-state index is 0.0421. The van der Waals surface area contributed by atoms with E-state index in [1.54, 1.807) is 6.20 Å². The molecule has 0 aliphatic heterocycles. The first-order valence-corrected chi connectivity index (χ1v) is 5.06. The average molecular weight is 206 g/mol. The molecule has 4 nitrogen and oxygen atoms in total. The van der Waals surface area contributed by atoms with Crippen LogP contribution in [0.4, 0.5) is 5.82 Å². The van der Waals surface area contributed by atoms with Crippen LogP contribution in [0.5, 0.6) is 0 Å². The molecule has 1 fully saturated rings. The van der Waals surface area contributed by atoms with Gasteiger partial charge in [0.15, 0.2) is 0 Å². The molecule has 1 aliphatic rings. The van der Waals surface area contributed by atoms with E-state index in [1.165, 1.54) is 12.8 Å². The van der Waals surface area contributed by atoms with Gasteiger partial charge in [-0.3, -0.25) is 4.79 Å². The summed E-state index contributed by atoms with van der Waals surface area (Å²) in [5.41, 5.74) is 0.746. The lowest BCUT2D eigenvalue weighted by Gasteiger charge is -2.17. The molecule has 0 aromatic carbocycles. The quantitative estimate of drug-likeness (QED) is 0.807. The Bertz CT molecular complexity index is 357. The van der Waals surface area contributed by atoms with Crippen molar-refractivity contribution in [3.05, 3.63) is 23.9 Å². The number of aliphatic carboxylic acids is 1. The fourth-order valence-corrected chi connectivity index (χ4v) is 1.55. The molecule has 0 unspecified atom stereocenters. The van der Waals surface area contributed by atoms with Crippen LogP contribution in [0.25, 0.3) is 0 Å². The molecule has 1 aromatic rings. The molecular formula is C11H14N2O2. The zero-order valence-electron chi connectivity index (χ0n) is 8.68. The van der Waals surface area contributed by atoms with E-state index in [9.17, 15) is 4.79 Å². The van der Waals surface area contributed by atoms with Gasteiger partial charge in [-0.25, -0.2) is 4.98 Å². The smallest absolute Gasteiger partial charge is 0.307 e. The molecule has 0 radical (unpaired) electrons. The number of carboxylic acids is 1. The van der Waals surface area contributed by atoms with E-state index in [-0.39, 0.29) is 6.42 Å². The van der Waals surface area contributed by atoms with Crippen LogP contribution in [0.3, 0.4) is 0 Å².